The van der Waals surface area contributed by atoms with E-state index in [4.69, 9.17) is 0 Å². The van der Waals surface area contributed by atoms with Crippen LogP contribution in [0.4, 0.5) is 11.4 Å². The first kappa shape index (κ1) is 16.6. The van der Waals surface area contributed by atoms with Gasteiger partial charge in [0, 0.05) is 44.7 Å². The average Bonchev–Trinajstić information content (AvgIpc) is 2.94. The summed E-state index contributed by atoms with van der Waals surface area (Å²) in [5.41, 5.74) is 4.34. The van der Waals surface area contributed by atoms with E-state index in [0.717, 1.165) is 26.2 Å². The molecule has 2 unspecified atom stereocenters. The first-order valence-electron chi connectivity index (χ1n) is 9.31. The number of likely N-dealkylation sites (N-methyl/N-ethyl adjacent to an activating group) is 1. The quantitative estimate of drug-likeness (QED) is 0.928. The van der Waals surface area contributed by atoms with E-state index >= 15 is 0 Å². The van der Waals surface area contributed by atoms with Crippen LogP contribution in [0, 0.1) is 0 Å². The highest BCUT2D eigenvalue weighted by atomic mass is 16.3. The van der Waals surface area contributed by atoms with Crippen molar-refractivity contribution >= 4 is 11.4 Å². The second-order valence-electron chi connectivity index (χ2n) is 6.47. The lowest BCUT2D eigenvalue weighted by molar-refractivity contribution is 0.202. The van der Waals surface area contributed by atoms with Gasteiger partial charge in [0.15, 0.2) is 0 Å². The van der Waals surface area contributed by atoms with Crippen LogP contribution in [0.25, 0.3) is 0 Å². The van der Waals surface area contributed by atoms with Gasteiger partial charge in [-0.05, 0) is 24.6 Å². The zero-order chi connectivity index (χ0) is 16.4. The van der Waals surface area contributed by atoms with Crippen LogP contribution in [0.2, 0.25) is 0 Å². The summed E-state index contributed by atoms with van der Waals surface area (Å²) in [5.74, 6) is 0.669. The fourth-order valence-electron chi connectivity index (χ4n) is 4.53. The molecule has 3 aliphatic heterocycles. The normalized spacial score (nSPS) is 25.6. The van der Waals surface area contributed by atoms with Gasteiger partial charge in [-0.25, -0.2) is 0 Å². The highest BCUT2D eigenvalue weighted by Crippen LogP contribution is 2.50. The van der Waals surface area contributed by atoms with Gasteiger partial charge in [0.05, 0.1) is 18.0 Å². The second kappa shape index (κ2) is 7.10. The van der Waals surface area contributed by atoms with Crippen molar-refractivity contribution in [3.8, 4) is 0 Å². The summed E-state index contributed by atoms with van der Waals surface area (Å²) in [6, 6.07) is 7.46. The van der Waals surface area contributed by atoms with E-state index in [1.165, 1.54) is 30.9 Å². The van der Waals surface area contributed by atoms with E-state index in [0.29, 0.717) is 12.0 Å². The molecule has 1 aromatic carbocycles. The molecule has 4 heteroatoms. The monoisotopic (exact) mass is 317 g/mol. The number of β-amino-alcohol motifs (C(OH)–C–C–N with tert-alkyl or cyclic N) is 1. The minimum absolute atomic E-state index is 0.236. The molecule has 3 heterocycles. The van der Waals surface area contributed by atoms with Crippen LogP contribution in [-0.2, 0) is 0 Å². The standard InChI is InChI=1S/C17H25N3O.C2H6/c1-2-18-7-6-15-14(12-18)13-4-3-5-16-17(13)20(15)9-8-19(16)10-11-21;1-2/h3-5,14-15,21H,2,6-12H2,1H3;1-2H3. The lowest BCUT2D eigenvalue weighted by Crippen LogP contribution is -2.49. The van der Waals surface area contributed by atoms with Crippen LogP contribution in [0.15, 0.2) is 18.2 Å². The van der Waals surface area contributed by atoms with Gasteiger partial charge >= 0.3 is 0 Å². The van der Waals surface area contributed by atoms with E-state index in [9.17, 15) is 5.11 Å². The summed E-state index contributed by atoms with van der Waals surface area (Å²) in [6.45, 7) is 13.0. The number of para-hydroxylation sites is 1. The predicted molar refractivity (Wildman–Crippen MR) is 97.7 cm³/mol. The molecule has 0 spiro atoms. The number of aliphatic hydroxyl groups is 1. The summed E-state index contributed by atoms with van der Waals surface area (Å²) >= 11 is 0. The minimum Gasteiger partial charge on any atom is -0.395 e. The van der Waals surface area contributed by atoms with Gasteiger partial charge in [0.2, 0.25) is 0 Å². The van der Waals surface area contributed by atoms with Gasteiger partial charge in [0.25, 0.3) is 0 Å². The summed E-state index contributed by atoms with van der Waals surface area (Å²) in [7, 11) is 0. The van der Waals surface area contributed by atoms with Crippen molar-refractivity contribution in [2.24, 2.45) is 0 Å². The van der Waals surface area contributed by atoms with E-state index in [1.807, 2.05) is 13.8 Å². The molecule has 23 heavy (non-hydrogen) atoms. The largest absolute Gasteiger partial charge is 0.395 e. The molecule has 0 bridgehead atoms. The molecule has 128 valence electrons. The number of aliphatic hydroxyl groups excluding tert-OH is 1. The van der Waals surface area contributed by atoms with Crippen molar-refractivity contribution in [3.05, 3.63) is 23.8 Å². The molecule has 0 aromatic heterocycles. The molecule has 1 saturated heterocycles. The number of nitrogens with zero attached hydrogens (tertiary/aromatic N) is 3. The van der Waals surface area contributed by atoms with Crippen molar-refractivity contribution in [1.82, 2.24) is 4.90 Å². The van der Waals surface area contributed by atoms with E-state index in [-0.39, 0.29) is 6.61 Å². The van der Waals surface area contributed by atoms with Gasteiger partial charge in [-0.1, -0.05) is 32.9 Å². The van der Waals surface area contributed by atoms with Crippen LogP contribution in [-0.4, -0.2) is 61.9 Å². The van der Waals surface area contributed by atoms with Crippen molar-refractivity contribution in [2.45, 2.75) is 39.2 Å². The molecule has 3 aliphatic rings. The lowest BCUT2D eigenvalue weighted by atomic mass is 9.89. The molecule has 0 aliphatic carbocycles. The number of benzene rings is 1. The van der Waals surface area contributed by atoms with Gasteiger partial charge in [-0.15, -0.1) is 0 Å². The maximum Gasteiger partial charge on any atom is 0.0644 e. The molecular formula is C19H31N3O. The third kappa shape index (κ3) is 2.72. The van der Waals surface area contributed by atoms with Gasteiger partial charge in [-0.2, -0.15) is 0 Å². The molecule has 1 N–H and O–H groups in total. The smallest absolute Gasteiger partial charge is 0.0644 e. The summed E-state index contributed by atoms with van der Waals surface area (Å²) in [5, 5.41) is 9.31. The summed E-state index contributed by atoms with van der Waals surface area (Å²) in [6.07, 6.45) is 1.28. The Kier molecular flexibility index (Phi) is 5.12. The Morgan fingerprint density at radius 3 is 2.74 bits per heavy atom. The molecule has 1 aromatic rings. The molecule has 0 radical (unpaired) electrons. The molecular weight excluding hydrogens is 286 g/mol. The number of piperidine rings is 1. The van der Waals surface area contributed by atoms with Crippen LogP contribution in [0.1, 0.15) is 38.7 Å². The number of hydrogen-bond acceptors (Lipinski definition) is 4. The topological polar surface area (TPSA) is 30.0 Å². The molecule has 1 fully saturated rings. The van der Waals surface area contributed by atoms with Gasteiger partial charge in [0.1, 0.15) is 0 Å². The number of hydrogen-bond donors (Lipinski definition) is 1. The van der Waals surface area contributed by atoms with Crippen molar-refractivity contribution in [1.29, 1.82) is 0 Å². The highest BCUT2D eigenvalue weighted by molar-refractivity contribution is 5.81. The van der Waals surface area contributed by atoms with E-state index in [1.54, 1.807) is 5.56 Å². The van der Waals surface area contributed by atoms with Crippen LogP contribution >= 0.6 is 0 Å². The lowest BCUT2D eigenvalue weighted by Gasteiger charge is -2.42. The fraction of sp³-hybridized carbons (Fsp3) is 0.684. The second-order valence-corrected chi connectivity index (χ2v) is 6.47. The Labute approximate surface area is 140 Å². The molecule has 4 rings (SSSR count). The number of anilines is 2. The zero-order valence-electron chi connectivity index (χ0n) is 14.8. The Bertz CT molecular complexity index is 533. The highest BCUT2D eigenvalue weighted by Gasteiger charge is 2.44. The summed E-state index contributed by atoms with van der Waals surface area (Å²) in [4.78, 5) is 7.60. The maximum absolute atomic E-state index is 9.31. The maximum atomic E-state index is 9.31. The Balaban J connectivity index is 0.000000753. The SMILES string of the molecule is CC.CCN1CCC2C(C1)c1cccc3c1N2CCN3CCO. The zero-order valence-corrected chi connectivity index (χ0v) is 14.8. The van der Waals surface area contributed by atoms with Crippen LogP contribution in [0.5, 0.6) is 0 Å². The van der Waals surface area contributed by atoms with Gasteiger partial charge < -0.3 is 19.8 Å². The van der Waals surface area contributed by atoms with Crippen molar-refractivity contribution in [2.75, 3.05) is 55.7 Å². The average molecular weight is 317 g/mol. The summed E-state index contributed by atoms with van der Waals surface area (Å²) < 4.78 is 0. The van der Waals surface area contributed by atoms with E-state index < -0.39 is 0 Å². The molecule has 0 amide bonds. The Morgan fingerprint density at radius 2 is 2.00 bits per heavy atom. The molecule has 2 atom stereocenters. The Morgan fingerprint density at radius 1 is 1.17 bits per heavy atom. The first-order chi connectivity index (χ1) is 11.3. The molecule has 4 nitrogen and oxygen atoms in total. The van der Waals surface area contributed by atoms with Crippen LogP contribution < -0.4 is 9.80 Å². The number of likely N-dealkylation sites (tertiary alicyclic amines) is 1. The predicted octanol–water partition coefficient (Wildman–Crippen LogP) is 2.52. The number of rotatable bonds is 3. The minimum atomic E-state index is 0.236. The third-order valence-corrected chi connectivity index (χ3v) is 5.56. The third-order valence-electron chi connectivity index (χ3n) is 5.56. The first-order valence-corrected chi connectivity index (χ1v) is 9.31. The van der Waals surface area contributed by atoms with Gasteiger partial charge in [-0.3, -0.25) is 0 Å². The van der Waals surface area contributed by atoms with Crippen molar-refractivity contribution < 1.29 is 5.11 Å². The van der Waals surface area contributed by atoms with E-state index in [2.05, 4.69) is 39.8 Å². The Hall–Kier alpha value is -1.26. The van der Waals surface area contributed by atoms with Crippen molar-refractivity contribution in [3.63, 3.8) is 0 Å². The fourth-order valence-corrected chi connectivity index (χ4v) is 4.53. The number of fused-ring (bicyclic) bond motifs is 3. The van der Waals surface area contributed by atoms with Crippen LogP contribution in [0.3, 0.4) is 0 Å². The molecule has 0 saturated carbocycles.